The number of ether oxygens (including phenoxy) is 1. The summed E-state index contributed by atoms with van der Waals surface area (Å²) in [5.74, 6) is -0.146. The fraction of sp³-hybridized carbons (Fsp3) is 0.750. The van der Waals surface area contributed by atoms with Crippen LogP contribution >= 0.6 is 0 Å². The van der Waals surface area contributed by atoms with E-state index in [1.807, 2.05) is 0 Å². The van der Waals surface area contributed by atoms with Crippen LogP contribution in [0.2, 0.25) is 0 Å². The van der Waals surface area contributed by atoms with E-state index in [-0.39, 0.29) is 5.95 Å². The van der Waals surface area contributed by atoms with Crippen LogP contribution in [0.25, 0.3) is 0 Å². The number of aryl methyl sites for hydroxylation is 1. The lowest BCUT2D eigenvalue weighted by Gasteiger charge is -2.28. The molecular formula is C12H20N4O4. The molecule has 112 valence electrons. The normalized spacial score (nSPS) is 18.1. The standard InChI is InChI=1S/C12H20N4O4/c17-11(10-14-6-8-20-9-7-14)2-1-4-15-5-3-13-12(15)16(18)19/h3,5,11,17H,1-2,4,6-10H2. The third-order valence-corrected chi connectivity index (χ3v) is 3.37. The Bertz CT molecular complexity index is 431. The first-order valence-electron chi connectivity index (χ1n) is 6.80. The molecule has 8 heteroatoms. The summed E-state index contributed by atoms with van der Waals surface area (Å²) in [7, 11) is 0. The van der Waals surface area contributed by atoms with E-state index in [2.05, 4.69) is 9.88 Å². The van der Waals surface area contributed by atoms with Crippen molar-refractivity contribution in [2.45, 2.75) is 25.5 Å². The molecule has 1 aliphatic heterocycles. The van der Waals surface area contributed by atoms with Crippen molar-refractivity contribution in [2.24, 2.45) is 0 Å². The van der Waals surface area contributed by atoms with Crippen molar-refractivity contribution in [3.05, 3.63) is 22.5 Å². The first-order chi connectivity index (χ1) is 9.66. The molecule has 0 radical (unpaired) electrons. The molecular weight excluding hydrogens is 264 g/mol. The number of morpholine rings is 1. The minimum Gasteiger partial charge on any atom is -0.392 e. The Morgan fingerprint density at radius 1 is 1.50 bits per heavy atom. The van der Waals surface area contributed by atoms with Gasteiger partial charge in [0.15, 0.2) is 0 Å². The second-order valence-electron chi connectivity index (χ2n) is 4.89. The molecule has 0 bridgehead atoms. The molecule has 2 heterocycles. The molecule has 1 aromatic heterocycles. The first kappa shape index (κ1) is 14.9. The van der Waals surface area contributed by atoms with E-state index >= 15 is 0 Å². The van der Waals surface area contributed by atoms with E-state index < -0.39 is 11.0 Å². The second-order valence-corrected chi connectivity index (χ2v) is 4.89. The predicted octanol–water partition coefficient (Wildman–Crippen LogP) is 0.265. The summed E-state index contributed by atoms with van der Waals surface area (Å²) < 4.78 is 6.75. The van der Waals surface area contributed by atoms with Gasteiger partial charge in [-0.25, -0.2) is 4.57 Å². The summed E-state index contributed by atoms with van der Waals surface area (Å²) in [6.45, 7) is 4.27. The Hall–Kier alpha value is -1.51. The van der Waals surface area contributed by atoms with Gasteiger partial charge >= 0.3 is 5.95 Å². The summed E-state index contributed by atoms with van der Waals surface area (Å²) in [5, 5.41) is 20.7. The number of nitro groups is 1. The van der Waals surface area contributed by atoms with E-state index in [1.54, 1.807) is 6.20 Å². The van der Waals surface area contributed by atoms with E-state index in [0.717, 1.165) is 13.1 Å². The van der Waals surface area contributed by atoms with E-state index in [1.165, 1.54) is 10.8 Å². The summed E-state index contributed by atoms with van der Waals surface area (Å²) in [4.78, 5) is 16.1. The Morgan fingerprint density at radius 2 is 2.25 bits per heavy atom. The number of aliphatic hydroxyl groups excluding tert-OH is 1. The SMILES string of the molecule is O=[N+]([O-])c1nccn1CCCC(O)CN1CCOCC1. The van der Waals surface area contributed by atoms with Crippen LogP contribution in [-0.4, -0.2) is 63.4 Å². The smallest absolute Gasteiger partial charge is 0.392 e. The topological polar surface area (TPSA) is 93.7 Å². The van der Waals surface area contributed by atoms with Crippen LogP contribution in [0.3, 0.4) is 0 Å². The quantitative estimate of drug-likeness (QED) is 0.570. The zero-order valence-corrected chi connectivity index (χ0v) is 11.3. The van der Waals surface area contributed by atoms with Crippen LogP contribution in [0.15, 0.2) is 12.4 Å². The number of aromatic nitrogens is 2. The summed E-state index contributed by atoms with van der Waals surface area (Å²) >= 11 is 0. The fourth-order valence-electron chi connectivity index (χ4n) is 2.32. The number of aliphatic hydroxyl groups is 1. The number of β-amino-alcohol motifs (C(OH)–C–C–N with tert-alkyl or cyclic N) is 1. The Morgan fingerprint density at radius 3 is 2.95 bits per heavy atom. The number of nitrogens with zero attached hydrogens (tertiary/aromatic N) is 4. The van der Waals surface area contributed by atoms with Gasteiger partial charge in [-0.05, 0) is 17.8 Å². The molecule has 0 aromatic carbocycles. The third-order valence-electron chi connectivity index (χ3n) is 3.37. The monoisotopic (exact) mass is 284 g/mol. The van der Waals surface area contributed by atoms with E-state index in [0.29, 0.717) is 39.1 Å². The first-order valence-corrected chi connectivity index (χ1v) is 6.80. The molecule has 0 amide bonds. The predicted molar refractivity (Wildman–Crippen MR) is 71.4 cm³/mol. The van der Waals surface area contributed by atoms with Gasteiger partial charge < -0.3 is 20.0 Å². The van der Waals surface area contributed by atoms with Crippen LogP contribution in [0, 0.1) is 10.1 Å². The van der Waals surface area contributed by atoms with E-state index in [9.17, 15) is 15.2 Å². The lowest BCUT2D eigenvalue weighted by atomic mass is 10.2. The zero-order chi connectivity index (χ0) is 14.4. The van der Waals surface area contributed by atoms with Gasteiger partial charge in [-0.2, -0.15) is 0 Å². The molecule has 0 spiro atoms. The molecule has 0 aliphatic carbocycles. The molecule has 8 nitrogen and oxygen atoms in total. The molecule has 1 unspecified atom stereocenters. The highest BCUT2D eigenvalue weighted by atomic mass is 16.6. The average Bonchev–Trinajstić information content (AvgIpc) is 2.88. The van der Waals surface area contributed by atoms with Gasteiger partial charge in [0.1, 0.15) is 12.4 Å². The van der Waals surface area contributed by atoms with Gasteiger partial charge in [0, 0.05) is 19.6 Å². The Kier molecular flexibility index (Phi) is 5.45. The van der Waals surface area contributed by atoms with Gasteiger partial charge in [-0.3, -0.25) is 4.90 Å². The largest absolute Gasteiger partial charge is 0.434 e. The summed E-state index contributed by atoms with van der Waals surface area (Å²) in [6, 6.07) is 0. The highest BCUT2D eigenvalue weighted by Crippen LogP contribution is 2.10. The van der Waals surface area contributed by atoms with Crippen molar-refractivity contribution in [3.63, 3.8) is 0 Å². The van der Waals surface area contributed by atoms with Gasteiger partial charge in [0.2, 0.25) is 0 Å². The molecule has 1 aromatic rings. The Labute approximate surface area is 117 Å². The number of rotatable bonds is 7. The van der Waals surface area contributed by atoms with Crippen molar-refractivity contribution in [3.8, 4) is 0 Å². The maximum Gasteiger partial charge on any atom is 0.434 e. The fourth-order valence-corrected chi connectivity index (χ4v) is 2.32. The highest BCUT2D eigenvalue weighted by molar-refractivity contribution is 5.06. The molecule has 1 atom stereocenters. The van der Waals surface area contributed by atoms with Gasteiger partial charge in [0.05, 0.1) is 25.9 Å². The number of hydrogen-bond acceptors (Lipinski definition) is 6. The lowest BCUT2D eigenvalue weighted by Crippen LogP contribution is -2.40. The molecule has 2 rings (SSSR count). The van der Waals surface area contributed by atoms with Crippen molar-refractivity contribution in [2.75, 3.05) is 32.8 Å². The molecule has 1 aliphatic rings. The van der Waals surface area contributed by atoms with Gasteiger partial charge in [0.25, 0.3) is 0 Å². The molecule has 1 saturated heterocycles. The third kappa shape index (κ3) is 4.26. The molecule has 1 N–H and O–H groups in total. The van der Waals surface area contributed by atoms with Gasteiger partial charge in [-0.15, -0.1) is 0 Å². The number of hydrogen-bond donors (Lipinski definition) is 1. The highest BCUT2D eigenvalue weighted by Gasteiger charge is 2.16. The van der Waals surface area contributed by atoms with Crippen LogP contribution in [0.1, 0.15) is 12.8 Å². The summed E-state index contributed by atoms with van der Waals surface area (Å²) in [5.41, 5.74) is 0. The number of imidazole rings is 1. The van der Waals surface area contributed by atoms with Crippen molar-refractivity contribution in [1.82, 2.24) is 14.5 Å². The minimum atomic E-state index is -0.496. The lowest BCUT2D eigenvalue weighted by molar-refractivity contribution is -0.396. The van der Waals surface area contributed by atoms with Gasteiger partial charge in [-0.1, -0.05) is 4.98 Å². The van der Waals surface area contributed by atoms with Crippen molar-refractivity contribution >= 4 is 5.95 Å². The van der Waals surface area contributed by atoms with Crippen LogP contribution in [0.5, 0.6) is 0 Å². The van der Waals surface area contributed by atoms with Crippen LogP contribution < -0.4 is 0 Å². The van der Waals surface area contributed by atoms with Crippen LogP contribution in [-0.2, 0) is 11.3 Å². The average molecular weight is 284 g/mol. The molecule has 20 heavy (non-hydrogen) atoms. The maximum atomic E-state index is 10.7. The molecule has 0 saturated carbocycles. The maximum absolute atomic E-state index is 10.7. The van der Waals surface area contributed by atoms with E-state index in [4.69, 9.17) is 4.74 Å². The minimum absolute atomic E-state index is 0.146. The summed E-state index contributed by atoms with van der Waals surface area (Å²) in [6.07, 6.45) is 3.90. The van der Waals surface area contributed by atoms with Crippen LogP contribution in [0.4, 0.5) is 5.95 Å². The zero-order valence-electron chi connectivity index (χ0n) is 11.3. The van der Waals surface area contributed by atoms with Crippen molar-refractivity contribution in [1.29, 1.82) is 0 Å². The Balaban J connectivity index is 1.69. The molecule has 1 fully saturated rings. The second kappa shape index (κ2) is 7.32. The van der Waals surface area contributed by atoms with Crippen molar-refractivity contribution < 1.29 is 14.8 Å².